The van der Waals surface area contributed by atoms with Gasteiger partial charge in [-0.3, -0.25) is 0 Å². The minimum atomic E-state index is -0.889. The third kappa shape index (κ3) is 2.25. The maximum atomic E-state index is 11.0. The summed E-state index contributed by atoms with van der Waals surface area (Å²) in [6.07, 6.45) is 3.88. The maximum absolute atomic E-state index is 11.0. The lowest BCUT2D eigenvalue weighted by Crippen LogP contribution is -2.05. The summed E-state index contributed by atoms with van der Waals surface area (Å²) in [6.45, 7) is 0.678. The van der Waals surface area contributed by atoms with Crippen LogP contribution >= 0.6 is 0 Å². The molecule has 1 N–H and O–H groups in total. The van der Waals surface area contributed by atoms with E-state index in [1.165, 1.54) is 0 Å². The lowest BCUT2D eigenvalue weighted by Gasteiger charge is -2.05. The second-order valence-corrected chi connectivity index (χ2v) is 3.41. The summed E-state index contributed by atoms with van der Waals surface area (Å²) in [5.41, 5.74) is 1.18. The predicted octanol–water partition coefficient (Wildman–Crippen LogP) is 1.22. The van der Waals surface area contributed by atoms with E-state index < -0.39 is 5.97 Å². The van der Waals surface area contributed by atoms with Crippen LogP contribution < -0.4 is 0 Å². The normalized spacial score (nSPS) is 10.2. The molecular weight excluding hydrogens is 206 g/mol. The van der Waals surface area contributed by atoms with E-state index in [2.05, 4.69) is 10.2 Å². The molecule has 0 radical (unpaired) electrons. The molecule has 0 amide bonds. The van der Waals surface area contributed by atoms with E-state index in [0.29, 0.717) is 18.5 Å². The van der Waals surface area contributed by atoms with Crippen molar-refractivity contribution in [3.8, 4) is 0 Å². The van der Waals surface area contributed by atoms with Crippen LogP contribution in [0, 0.1) is 0 Å². The number of hydrogen-bond donors (Lipinski definition) is 1. The van der Waals surface area contributed by atoms with Crippen molar-refractivity contribution in [2.24, 2.45) is 0 Å². The molecule has 2 rings (SSSR count). The highest BCUT2D eigenvalue weighted by Crippen LogP contribution is 2.10. The Morgan fingerprint density at radius 2 is 1.94 bits per heavy atom. The molecule has 2 aromatic rings. The fourth-order valence-corrected chi connectivity index (χ4v) is 1.53. The Hall–Kier alpha value is -2.17. The van der Waals surface area contributed by atoms with Gasteiger partial charge in [-0.15, -0.1) is 10.2 Å². The zero-order valence-electron chi connectivity index (χ0n) is 8.58. The van der Waals surface area contributed by atoms with Crippen molar-refractivity contribution in [3.63, 3.8) is 0 Å². The van der Waals surface area contributed by atoms with Crippen LogP contribution in [0.1, 0.15) is 15.9 Å². The Labute approximate surface area is 92.4 Å². The van der Waals surface area contributed by atoms with Gasteiger partial charge < -0.3 is 9.67 Å². The summed E-state index contributed by atoms with van der Waals surface area (Å²) in [4.78, 5) is 11.0. The number of hydrogen-bond acceptors (Lipinski definition) is 3. The van der Waals surface area contributed by atoms with E-state index in [-0.39, 0.29) is 0 Å². The molecule has 82 valence electrons. The van der Waals surface area contributed by atoms with E-state index in [9.17, 15) is 4.79 Å². The lowest BCUT2D eigenvalue weighted by molar-refractivity contribution is 0.0695. The van der Waals surface area contributed by atoms with E-state index in [0.717, 1.165) is 5.56 Å². The average Bonchev–Trinajstić information content (AvgIpc) is 2.79. The van der Waals surface area contributed by atoms with Crippen LogP contribution in [0.5, 0.6) is 0 Å². The summed E-state index contributed by atoms with van der Waals surface area (Å²) in [5.74, 6) is -0.889. The molecule has 0 aliphatic carbocycles. The molecule has 0 unspecified atom stereocenters. The SMILES string of the molecule is O=C(O)c1ccccc1CCn1cnnc1. The highest BCUT2D eigenvalue weighted by Gasteiger charge is 2.08. The Kier molecular flexibility index (Phi) is 2.95. The molecule has 5 heteroatoms. The average molecular weight is 217 g/mol. The van der Waals surface area contributed by atoms with Gasteiger partial charge in [-0.1, -0.05) is 18.2 Å². The number of aryl methyl sites for hydroxylation is 2. The van der Waals surface area contributed by atoms with Crippen molar-refractivity contribution in [2.45, 2.75) is 13.0 Å². The van der Waals surface area contributed by atoms with Crippen LogP contribution in [-0.2, 0) is 13.0 Å². The van der Waals surface area contributed by atoms with E-state index >= 15 is 0 Å². The molecule has 0 aliphatic rings. The van der Waals surface area contributed by atoms with Crippen LogP contribution in [-0.4, -0.2) is 25.8 Å². The highest BCUT2D eigenvalue weighted by atomic mass is 16.4. The summed E-state index contributed by atoms with van der Waals surface area (Å²) in [6, 6.07) is 7.01. The standard InChI is InChI=1S/C11H11N3O2/c15-11(16)10-4-2-1-3-9(10)5-6-14-7-12-13-8-14/h1-4,7-8H,5-6H2,(H,15,16). The lowest BCUT2D eigenvalue weighted by atomic mass is 10.0. The summed E-state index contributed by atoms with van der Waals surface area (Å²) < 4.78 is 1.82. The smallest absolute Gasteiger partial charge is 0.335 e. The Morgan fingerprint density at radius 3 is 2.62 bits per heavy atom. The van der Waals surface area contributed by atoms with Crippen LogP contribution in [0.4, 0.5) is 0 Å². The molecule has 16 heavy (non-hydrogen) atoms. The molecule has 1 heterocycles. The zero-order valence-corrected chi connectivity index (χ0v) is 8.58. The van der Waals surface area contributed by atoms with Gasteiger partial charge >= 0.3 is 5.97 Å². The molecular formula is C11H11N3O2. The fraction of sp³-hybridized carbons (Fsp3) is 0.182. The van der Waals surface area contributed by atoms with Crippen molar-refractivity contribution >= 4 is 5.97 Å². The number of aromatic carboxylic acids is 1. The topological polar surface area (TPSA) is 68.0 Å². The molecule has 0 bridgehead atoms. The molecule has 1 aromatic heterocycles. The van der Waals surface area contributed by atoms with Crippen LogP contribution in [0.3, 0.4) is 0 Å². The fourth-order valence-electron chi connectivity index (χ4n) is 1.53. The van der Waals surface area contributed by atoms with Gasteiger partial charge in [0, 0.05) is 6.54 Å². The molecule has 1 aromatic carbocycles. The summed E-state index contributed by atoms with van der Waals surface area (Å²) in [5, 5.41) is 16.4. The van der Waals surface area contributed by atoms with Gasteiger partial charge in [0.2, 0.25) is 0 Å². The first-order valence-electron chi connectivity index (χ1n) is 4.91. The van der Waals surface area contributed by atoms with Crippen molar-refractivity contribution in [1.82, 2.24) is 14.8 Å². The summed E-state index contributed by atoms with van der Waals surface area (Å²) in [7, 11) is 0. The Bertz CT molecular complexity index is 480. The van der Waals surface area contributed by atoms with Crippen LogP contribution in [0.25, 0.3) is 0 Å². The molecule has 0 atom stereocenters. The highest BCUT2D eigenvalue weighted by molar-refractivity contribution is 5.89. The third-order valence-corrected chi connectivity index (χ3v) is 2.35. The van der Waals surface area contributed by atoms with Gasteiger partial charge in [0.15, 0.2) is 0 Å². The zero-order chi connectivity index (χ0) is 11.4. The van der Waals surface area contributed by atoms with E-state index in [1.54, 1.807) is 24.8 Å². The Balaban J connectivity index is 2.12. The van der Waals surface area contributed by atoms with Gasteiger partial charge in [-0.2, -0.15) is 0 Å². The van der Waals surface area contributed by atoms with Gasteiger partial charge in [0.25, 0.3) is 0 Å². The maximum Gasteiger partial charge on any atom is 0.335 e. The van der Waals surface area contributed by atoms with Crippen LogP contribution in [0.15, 0.2) is 36.9 Å². The number of benzene rings is 1. The third-order valence-electron chi connectivity index (χ3n) is 2.35. The van der Waals surface area contributed by atoms with Gasteiger partial charge in [0.1, 0.15) is 12.7 Å². The van der Waals surface area contributed by atoms with Crippen molar-refractivity contribution in [2.75, 3.05) is 0 Å². The number of carboxylic acid groups (broad SMARTS) is 1. The first kappa shape index (κ1) is 10.4. The molecule has 0 fully saturated rings. The quantitative estimate of drug-likeness (QED) is 0.836. The van der Waals surface area contributed by atoms with Gasteiger partial charge in [-0.25, -0.2) is 4.79 Å². The van der Waals surface area contributed by atoms with Gasteiger partial charge in [-0.05, 0) is 18.1 Å². The van der Waals surface area contributed by atoms with Crippen molar-refractivity contribution in [1.29, 1.82) is 0 Å². The Morgan fingerprint density at radius 1 is 1.25 bits per heavy atom. The number of carbonyl (C=O) groups is 1. The number of aromatic nitrogens is 3. The monoisotopic (exact) mass is 217 g/mol. The van der Waals surface area contributed by atoms with Crippen molar-refractivity contribution in [3.05, 3.63) is 48.0 Å². The summed E-state index contributed by atoms with van der Waals surface area (Å²) >= 11 is 0. The van der Waals surface area contributed by atoms with Crippen LogP contribution in [0.2, 0.25) is 0 Å². The number of nitrogens with zero attached hydrogens (tertiary/aromatic N) is 3. The first-order valence-corrected chi connectivity index (χ1v) is 4.91. The molecule has 0 aliphatic heterocycles. The predicted molar refractivity (Wildman–Crippen MR) is 57.1 cm³/mol. The first-order chi connectivity index (χ1) is 7.77. The largest absolute Gasteiger partial charge is 0.478 e. The molecule has 0 spiro atoms. The van der Waals surface area contributed by atoms with Gasteiger partial charge in [0.05, 0.1) is 5.56 Å². The van der Waals surface area contributed by atoms with E-state index in [4.69, 9.17) is 5.11 Å². The molecule has 5 nitrogen and oxygen atoms in total. The second-order valence-electron chi connectivity index (χ2n) is 3.41. The number of rotatable bonds is 4. The number of carboxylic acids is 1. The van der Waals surface area contributed by atoms with Crippen molar-refractivity contribution < 1.29 is 9.90 Å². The minimum absolute atomic E-state index is 0.357. The molecule has 0 saturated carbocycles. The molecule has 0 saturated heterocycles. The van der Waals surface area contributed by atoms with E-state index in [1.807, 2.05) is 16.7 Å². The minimum Gasteiger partial charge on any atom is -0.478 e. The second kappa shape index (κ2) is 4.57.